The van der Waals surface area contributed by atoms with Crippen molar-refractivity contribution in [2.24, 2.45) is 5.92 Å². The third-order valence-electron chi connectivity index (χ3n) is 3.81. The standard InChI is InChI=1S/C22H27N3O6S/c1-13(2)12-30-18-8-17(9-19(10-18)31-14(3)4)21(27)24-20-7-6-16(11-23-20)22(28)25-32(29)15(5)26/h6-11,13-14H,12H2,1-5H3,(H,25,28)(H,23,24,27). The quantitative estimate of drug-likeness (QED) is 0.619. The normalized spacial score (nSPS) is 11.7. The molecule has 0 radical (unpaired) electrons. The Morgan fingerprint density at radius 1 is 1.00 bits per heavy atom. The van der Waals surface area contributed by atoms with Gasteiger partial charge in [0, 0.05) is 24.8 Å². The van der Waals surface area contributed by atoms with Gasteiger partial charge in [0.1, 0.15) is 17.3 Å². The maximum absolute atomic E-state index is 12.8. The van der Waals surface area contributed by atoms with Gasteiger partial charge in [-0.25, -0.2) is 9.19 Å². The lowest BCUT2D eigenvalue weighted by Gasteiger charge is -2.15. The number of hydrogen-bond acceptors (Lipinski definition) is 7. The van der Waals surface area contributed by atoms with E-state index in [9.17, 15) is 18.6 Å². The van der Waals surface area contributed by atoms with Crippen molar-refractivity contribution in [3.8, 4) is 11.5 Å². The molecular weight excluding hydrogens is 434 g/mol. The Hall–Kier alpha value is -3.27. The molecule has 2 rings (SSSR count). The van der Waals surface area contributed by atoms with Crippen molar-refractivity contribution >= 4 is 33.7 Å². The van der Waals surface area contributed by atoms with E-state index in [1.807, 2.05) is 27.7 Å². The van der Waals surface area contributed by atoms with E-state index in [0.717, 1.165) is 6.92 Å². The number of nitrogens with one attached hydrogen (secondary N) is 2. The molecule has 0 fully saturated rings. The van der Waals surface area contributed by atoms with Gasteiger partial charge in [0.25, 0.3) is 11.8 Å². The summed E-state index contributed by atoms with van der Waals surface area (Å²) >= 11 is 0. The fourth-order valence-corrected chi connectivity index (χ4v) is 2.82. The van der Waals surface area contributed by atoms with E-state index in [1.54, 1.807) is 18.2 Å². The molecular formula is C22H27N3O6S. The van der Waals surface area contributed by atoms with Crippen molar-refractivity contribution < 1.29 is 28.1 Å². The van der Waals surface area contributed by atoms with Crippen LogP contribution in [0.15, 0.2) is 36.5 Å². The molecule has 0 saturated heterocycles. The molecule has 2 aromatic rings. The van der Waals surface area contributed by atoms with Crippen molar-refractivity contribution in [2.45, 2.75) is 40.7 Å². The van der Waals surface area contributed by atoms with Gasteiger partial charge in [-0.1, -0.05) is 13.8 Å². The van der Waals surface area contributed by atoms with Gasteiger partial charge in [-0.15, -0.1) is 0 Å². The minimum Gasteiger partial charge on any atom is -0.493 e. The van der Waals surface area contributed by atoms with Crippen molar-refractivity contribution in [1.82, 2.24) is 9.71 Å². The van der Waals surface area contributed by atoms with E-state index >= 15 is 0 Å². The van der Waals surface area contributed by atoms with Crippen LogP contribution in [0.3, 0.4) is 0 Å². The maximum atomic E-state index is 12.8. The molecule has 32 heavy (non-hydrogen) atoms. The van der Waals surface area contributed by atoms with Crippen LogP contribution in [0.5, 0.6) is 11.5 Å². The number of carbonyl (C=O) groups excluding carboxylic acids is 3. The van der Waals surface area contributed by atoms with Crippen molar-refractivity contribution in [3.05, 3.63) is 47.7 Å². The van der Waals surface area contributed by atoms with Crippen LogP contribution < -0.4 is 19.5 Å². The minimum absolute atomic E-state index is 0.0797. The molecule has 1 heterocycles. The topological polar surface area (TPSA) is 124 Å². The molecule has 1 aromatic heterocycles. The largest absolute Gasteiger partial charge is 0.493 e. The lowest BCUT2D eigenvalue weighted by molar-refractivity contribution is -0.109. The summed E-state index contributed by atoms with van der Waals surface area (Å²) < 4.78 is 25.0. The smallest absolute Gasteiger partial charge is 0.264 e. The van der Waals surface area contributed by atoms with Gasteiger partial charge in [-0.2, -0.15) is 0 Å². The molecule has 0 aliphatic heterocycles. The second-order valence-corrected chi connectivity index (χ2v) is 8.96. The lowest BCUT2D eigenvalue weighted by Crippen LogP contribution is -2.29. The highest BCUT2D eigenvalue weighted by molar-refractivity contribution is 7.99. The Labute approximate surface area is 189 Å². The first-order valence-electron chi connectivity index (χ1n) is 10.0. The molecule has 1 aromatic carbocycles. The third kappa shape index (κ3) is 7.77. The molecule has 172 valence electrons. The number of benzene rings is 1. The Balaban J connectivity index is 2.15. The second-order valence-electron chi connectivity index (χ2n) is 7.64. The van der Waals surface area contributed by atoms with E-state index in [1.165, 1.54) is 18.3 Å². The van der Waals surface area contributed by atoms with Crippen molar-refractivity contribution in [2.75, 3.05) is 11.9 Å². The van der Waals surface area contributed by atoms with Crippen LogP contribution in [-0.4, -0.2) is 38.8 Å². The highest BCUT2D eigenvalue weighted by Gasteiger charge is 2.15. The van der Waals surface area contributed by atoms with Gasteiger partial charge >= 0.3 is 0 Å². The van der Waals surface area contributed by atoms with Crippen LogP contribution in [0.2, 0.25) is 0 Å². The van der Waals surface area contributed by atoms with Crippen LogP contribution in [0.25, 0.3) is 0 Å². The summed E-state index contributed by atoms with van der Waals surface area (Å²) in [6.45, 7) is 9.41. The van der Waals surface area contributed by atoms with E-state index in [2.05, 4.69) is 15.0 Å². The summed E-state index contributed by atoms with van der Waals surface area (Å²) in [5, 5.41) is 1.98. The van der Waals surface area contributed by atoms with Crippen LogP contribution >= 0.6 is 0 Å². The number of pyridine rings is 1. The minimum atomic E-state index is -2.12. The highest BCUT2D eigenvalue weighted by Crippen LogP contribution is 2.25. The molecule has 1 atom stereocenters. The van der Waals surface area contributed by atoms with E-state index < -0.39 is 27.9 Å². The number of rotatable bonds is 8. The maximum Gasteiger partial charge on any atom is 0.264 e. The van der Waals surface area contributed by atoms with Crippen LogP contribution in [0.1, 0.15) is 55.3 Å². The van der Waals surface area contributed by atoms with Crippen molar-refractivity contribution in [1.29, 1.82) is 0 Å². The number of carbonyl (C=O) groups is 3. The summed E-state index contributed by atoms with van der Waals surface area (Å²) in [5.41, 5.74) is 0.414. The average Bonchev–Trinajstić information content (AvgIpc) is 2.71. The zero-order valence-corrected chi connectivity index (χ0v) is 19.4. The van der Waals surface area contributed by atoms with Crippen molar-refractivity contribution in [3.63, 3.8) is 0 Å². The highest BCUT2D eigenvalue weighted by atomic mass is 32.2. The predicted octanol–water partition coefficient (Wildman–Crippen LogP) is 3.10. The summed E-state index contributed by atoms with van der Waals surface area (Å²) in [5.74, 6) is 0.393. The molecule has 0 saturated carbocycles. The number of ether oxygens (including phenoxy) is 2. The fraction of sp³-hybridized carbons (Fsp3) is 0.364. The monoisotopic (exact) mass is 461 g/mol. The molecule has 0 aliphatic carbocycles. The average molecular weight is 462 g/mol. The first-order chi connectivity index (χ1) is 15.0. The number of anilines is 1. The first-order valence-corrected chi connectivity index (χ1v) is 11.2. The van der Waals surface area contributed by atoms with Gasteiger partial charge in [-0.3, -0.25) is 19.1 Å². The number of hydrogen-bond donors (Lipinski definition) is 2. The molecule has 0 bridgehead atoms. The Kier molecular flexibility index (Phi) is 8.89. The SMILES string of the molecule is CC(=O)S(=O)NC(=O)c1ccc(NC(=O)c2cc(OCC(C)C)cc(OC(C)C)c2)nc1. The molecule has 0 spiro atoms. The number of nitrogens with zero attached hydrogens (tertiary/aromatic N) is 1. The molecule has 10 heteroatoms. The van der Waals surface area contributed by atoms with Gasteiger partial charge in [-0.05, 0) is 44.0 Å². The van der Waals surface area contributed by atoms with Gasteiger partial charge in [0.05, 0.1) is 18.3 Å². The predicted molar refractivity (Wildman–Crippen MR) is 121 cm³/mol. The summed E-state index contributed by atoms with van der Waals surface area (Å²) in [6, 6.07) is 7.77. The molecule has 1 unspecified atom stereocenters. The zero-order chi connectivity index (χ0) is 23.8. The summed E-state index contributed by atoms with van der Waals surface area (Å²) in [6.07, 6.45) is 1.13. The van der Waals surface area contributed by atoms with Crippen LogP contribution in [-0.2, 0) is 15.8 Å². The van der Waals surface area contributed by atoms with E-state index in [4.69, 9.17) is 9.47 Å². The Bertz CT molecular complexity index is 1010. The van der Waals surface area contributed by atoms with E-state index in [0.29, 0.717) is 29.6 Å². The molecule has 0 aliphatic rings. The Morgan fingerprint density at radius 2 is 1.69 bits per heavy atom. The van der Waals surface area contributed by atoms with Gasteiger partial charge in [0.15, 0.2) is 11.0 Å². The zero-order valence-electron chi connectivity index (χ0n) is 18.6. The second kappa shape index (κ2) is 11.4. The van der Waals surface area contributed by atoms with Gasteiger partial charge < -0.3 is 14.8 Å². The third-order valence-corrected chi connectivity index (χ3v) is 4.70. The lowest BCUT2D eigenvalue weighted by atomic mass is 10.1. The molecule has 2 amide bonds. The Morgan fingerprint density at radius 3 is 2.25 bits per heavy atom. The van der Waals surface area contributed by atoms with Crippen LogP contribution in [0, 0.1) is 5.92 Å². The molecule has 9 nitrogen and oxygen atoms in total. The fourth-order valence-electron chi connectivity index (χ4n) is 2.39. The van der Waals surface area contributed by atoms with Crippen LogP contribution in [0.4, 0.5) is 5.82 Å². The first kappa shape index (κ1) is 25.0. The summed E-state index contributed by atoms with van der Waals surface area (Å²) in [4.78, 5) is 39.8. The van der Waals surface area contributed by atoms with E-state index in [-0.39, 0.29) is 17.5 Å². The number of amides is 2. The van der Waals surface area contributed by atoms with Gasteiger partial charge in [0.2, 0.25) is 5.12 Å². The number of aromatic nitrogens is 1. The molecule has 2 N–H and O–H groups in total. The summed E-state index contributed by atoms with van der Waals surface area (Å²) in [7, 11) is -2.12.